The van der Waals surface area contributed by atoms with Crippen molar-refractivity contribution in [1.29, 1.82) is 0 Å². The van der Waals surface area contributed by atoms with Gasteiger partial charge in [0.2, 0.25) is 0 Å². The molecular weight excluding hydrogens is 384 g/mol. The van der Waals surface area contributed by atoms with Crippen LogP contribution in [-0.2, 0) is 4.79 Å². The van der Waals surface area contributed by atoms with E-state index in [0.29, 0.717) is 13.1 Å². The lowest BCUT2D eigenvalue weighted by Crippen LogP contribution is -2.50. The number of para-hydroxylation sites is 1. The monoisotopic (exact) mass is 408 g/mol. The highest BCUT2D eigenvalue weighted by molar-refractivity contribution is 7.13. The highest BCUT2D eigenvalue weighted by atomic mass is 32.1. The van der Waals surface area contributed by atoms with E-state index < -0.39 is 0 Å². The van der Waals surface area contributed by atoms with E-state index in [9.17, 15) is 4.79 Å². The number of nitrogens with zero attached hydrogens (tertiary/aromatic N) is 4. The third kappa shape index (κ3) is 4.40. The van der Waals surface area contributed by atoms with Crippen molar-refractivity contribution in [2.45, 2.75) is 13.8 Å². The second-order valence-electron chi connectivity index (χ2n) is 7.13. The van der Waals surface area contributed by atoms with Gasteiger partial charge in [0.25, 0.3) is 5.91 Å². The fourth-order valence-corrected chi connectivity index (χ4v) is 4.18. The first-order valence-corrected chi connectivity index (χ1v) is 10.6. The van der Waals surface area contributed by atoms with Gasteiger partial charge in [0.05, 0.1) is 4.88 Å². The topological polar surface area (TPSA) is 58.6 Å². The molecule has 6 nitrogen and oxygen atoms in total. The molecule has 4 rings (SSSR count). The summed E-state index contributed by atoms with van der Waals surface area (Å²) in [5.74, 6) is 1.68. The van der Waals surface area contributed by atoms with Gasteiger partial charge < -0.3 is 14.5 Å². The van der Waals surface area contributed by atoms with E-state index in [1.165, 1.54) is 0 Å². The van der Waals surface area contributed by atoms with Crippen molar-refractivity contribution in [3.8, 4) is 16.3 Å². The Morgan fingerprint density at radius 3 is 2.38 bits per heavy atom. The second kappa shape index (κ2) is 8.61. The lowest BCUT2D eigenvalue weighted by atomic mass is 10.1. The number of thiophene rings is 1. The van der Waals surface area contributed by atoms with Gasteiger partial charge in [0.1, 0.15) is 11.4 Å². The van der Waals surface area contributed by atoms with Crippen molar-refractivity contribution in [3.05, 3.63) is 59.0 Å². The highest BCUT2D eigenvalue weighted by Gasteiger charge is 2.23. The minimum absolute atomic E-state index is 0.0198. The van der Waals surface area contributed by atoms with Crippen LogP contribution < -0.4 is 9.64 Å². The molecule has 0 N–H and O–H groups in total. The fourth-order valence-electron chi connectivity index (χ4n) is 3.49. The Labute approximate surface area is 174 Å². The van der Waals surface area contributed by atoms with E-state index in [4.69, 9.17) is 4.74 Å². The fraction of sp³-hybridized carbons (Fsp3) is 0.318. The predicted molar refractivity (Wildman–Crippen MR) is 116 cm³/mol. The molecule has 150 valence electrons. The van der Waals surface area contributed by atoms with Crippen molar-refractivity contribution in [2.75, 3.05) is 37.7 Å². The lowest BCUT2D eigenvalue weighted by Gasteiger charge is -2.35. The van der Waals surface area contributed by atoms with Crippen molar-refractivity contribution in [2.24, 2.45) is 0 Å². The molecule has 0 saturated carbocycles. The summed E-state index contributed by atoms with van der Waals surface area (Å²) in [6, 6.07) is 14.0. The number of carbonyl (C=O) groups is 1. The zero-order valence-corrected chi connectivity index (χ0v) is 17.5. The summed E-state index contributed by atoms with van der Waals surface area (Å²) in [4.78, 5) is 17.7. The molecule has 29 heavy (non-hydrogen) atoms. The van der Waals surface area contributed by atoms with Gasteiger partial charge in [-0.1, -0.05) is 24.3 Å². The van der Waals surface area contributed by atoms with Crippen LogP contribution in [0.2, 0.25) is 0 Å². The molecule has 0 unspecified atom stereocenters. The van der Waals surface area contributed by atoms with Crippen LogP contribution in [0.5, 0.6) is 5.75 Å². The van der Waals surface area contributed by atoms with Crippen LogP contribution in [0.25, 0.3) is 10.6 Å². The van der Waals surface area contributed by atoms with Gasteiger partial charge in [0.15, 0.2) is 12.4 Å². The largest absolute Gasteiger partial charge is 0.483 e. The van der Waals surface area contributed by atoms with Gasteiger partial charge in [-0.05, 0) is 48.6 Å². The quantitative estimate of drug-likeness (QED) is 0.646. The molecule has 0 radical (unpaired) electrons. The van der Waals surface area contributed by atoms with E-state index in [1.807, 2.05) is 66.6 Å². The zero-order chi connectivity index (χ0) is 20.2. The van der Waals surface area contributed by atoms with E-state index in [1.54, 1.807) is 11.3 Å². The Balaban J connectivity index is 1.30. The number of piperazine rings is 1. The molecule has 2 aromatic heterocycles. The van der Waals surface area contributed by atoms with Crippen LogP contribution in [0.3, 0.4) is 0 Å². The highest BCUT2D eigenvalue weighted by Crippen LogP contribution is 2.24. The number of aryl methyl sites for hydroxylation is 2. The Bertz CT molecular complexity index is 945. The molecule has 7 heteroatoms. The summed E-state index contributed by atoms with van der Waals surface area (Å²) in [7, 11) is 0. The van der Waals surface area contributed by atoms with E-state index in [-0.39, 0.29) is 12.5 Å². The number of rotatable bonds is 5. The van der Waals surface area contributed by atoms with Crippen molar-refractivity contribution >= 4 is 23.1 Å². The minimum atomic E-state index is 0.0198. The van der Waals surface area contributed by atoms with Gasteiger partial charge >= 0.3 is 0 Å². The zero-order valence-electron chi connectivity index (χ0n) is 16.7. The molecule has 0 bridgehead atoms. The summed E-state index contributed by atoms with van der Waals surface area (Å²) in [6.45, 7) is 6.85. The molecule has 1 aliphatic heterocycles. The number of benzene rings is 1. The maximum atomic E-state index is 12.6. The molecule has 0 spiro atoms. The lowest BCUT2D eigenvalue weighted by molar-refractivity contribution is -0.133. The summed E-state index contributed by atoms with van der Waals surface area (Å²) in [5.41, 5.74) is 2.99. The average Bonchev–Trinajstić information content (AvgIpc) is 3.28. The first kappa shape index (κ1) is 19.4. The molecule has 3 aromatic rings. The van der Waals surface area contributed by atoms with Crippen LogP contribution in [0.1, 0.15) is 11.1 Å². The molecule has 1 fully saturated rings. The van der Waals surface area contributed by atoms with Gasteiger partial charge in [-0.3, -0.25) is 4.79 Å². The van der Waals surface area contributed by atoms with Crippen LogP contribution in [-0.4, -0.2) is 53.8 Å². The molecule has 0 atom stereocenters. The third-order valence-electron chi connectivity index (χ3n) is 5.13. The number of carbonyl (C=O) groups excluding carboxylic acids is 1. The van der Waals surface area contributed by atoms with Crippen LogP contribution in [0, 0.1) is 13.8 Å². The number of anilines is 1. The summed E-state index contributed by atoms with van der Waals surface area (Å²) < 4.78 is 5.82. The normalized spacial score (nSPS) is 14.1. The number of amides is 1. The number of hydrogen-bond donors (Lipinski definition) is 0. The summed E-state index contributed by atoms with van der Waals surface area (Å²) in [6.07, 6.45) is 0. The molecule has 1 aromatic carbocycles. The van der Waals surface area contributed by atoms with E-state index >= 15 is 0 Å². The van der Waals surface area contributed by atoms with Crippen molar-refractivity contribution in [3.63, 3.8) is 0 Å². The Hall–Kier alpha value is -2.93. The molecule has 1 aliphatic rings. The Morgan fingerprint density at radius 1 is 1.00 bits per heavy atom. The van der Waals surface area contributed by atoms with Gasteiger partial charge in [-0.25, -0.2) is 0 Å². The van der Waals surface area contributed by atoms with Crippen molar-refractivity contribution in [1.82, 2.24) is 15.1 Å². The van der Waals surface area contributed by atoms with Crippen molar-refractivity contribution < 1.29 is 9.53 Å². The maximum Gasteiger partial charge on any atom is 0.260 e. The van der Waals surface area contributed by atoms with E-state index in [2.05, 4.69) is 15.1 Å². The van der Waals surface area contributed by atoms with Gasteiger partial charge in [-0.2, -0.15) is 0 Å². The molecule has 0 aliphatic carbocycles. The number of aromatic nitrogens is 2. The van der Waals surface area contributed by atoms with Gasteiger partial charge in [-0.15, -0.1) is 21.5 Å². The SMILES string of the molecule is Cc1cccc(C)c1OCC(=O)N1CCN(c2ccc(-c3cccs3)nn2)CC1. The molecule has 1 amide bonds. The first-order chi connectivity index (χ1) is 14.1. The Kier molecular flexibility index (Phi) is 5.76. The standard InChI is InChI=1S/C22H24N4O2S/c1-16-5-3-6-17(2)22(16)28-15-21(27)26-12-10-25(11-13-26)20-9-8-18(23-24-20)19-7-4-14-29-19/h3-9,14H,10-13,15H2,1-2H3. The van der Waals surface area contributed by atoms with Crippen LogP contribution >= 0.6 is 11.3 Å². The summed E-state index contributed by atoms with van der Waals surface area (Å²) in [5, 5.41) is 10.8. The number of ether oxygens (including phenoxy) is 1. The smallest absolute Gasteiger partial charge is 0.260 e. The maximum absolute atomic E-state index is 12.6. The Morgan fingerprint density at radius 2 is 1.76 bits per heavy atom. The molecule has 1 saturated heterocycles. The first-order valence-electron chi connectivity index (χ1n) is 9.71. The minimum Gasteiger partial charge on any atom is -0.483 e. The predicted octanol–water partition coefficient (Wildman–Crippen LogP) is 3.55. The average molecular weight is 409 g/mol. The van der Waals surface area contributed by atoms with Crippen LogP contribution in [0.15, 0.2) is 47.8 Å². The third-order valence-corrected chi connectivity index (χ3v) is 6.02. The van der Waals surface area contributed by atoms with Gasteiger partial charge in [0, 0.05) is 26.2 Å². The summed E-state index contributed by atoms with van der Waals surface area (Å²) >= 11 is 1.65. The van der Waals surface area contributed by atoms with Crippen LogP contribution in [0.4, 0.5) is 5.82 Å². The second-order valence-corrected chi connectivity index (χ2v) is 8.08. The number of hydrogen-bond acceptors (Lipinski definition) is 6. The van der Waals surface area contributed by atoms with E-state index in [0.717, 1.165) is 46.4 Å². The molecular formula is C22H24N4O2S. The molecule has 3 heterocycles.